The van der Waals surface area contributed by atoms with Crippen molar-refractivity contribution in [1.29, 1.82) is 0 Å². The van der Waals surface area contributed by atoms with Crippen molar-refractivity contribution in [3.63, 3.8) is 0 Å². The molecular weight excluding hydrogens is 186 g/mol. The SMILES string of the molecule is CO[C@@H](c1ccccc1)[C@@H](C)NC(C)C. The third kappa shape index (κ3) is 3.65. The molecular formula is C13H21NO. The van der Waals surface area contributed by atoms with Gasteiger partial charge < -0.3 is 10.1 Å². The maximum absolute atomic E-state index is 5.54. The fourth-order valence-electron chi connectivity index (χ4n) is 1.88. The van der Waals surface area contributed by atoms with Crippen LogP contribution in [-0.4, -0.2) is 19.2 Å². The zero-order chi connectivity index (χ0) is 11.3. The van der Waals surface area contributed by atoms with Crippen LogP contribution in [0.5, 0.6) is 0 Å². The molecule has 0 aliphatic rings. The smallest absolute Gasteiger partial charge is 0.0971 e. The van der Waals surface area contributed by atoms with Gasteiger partial charge in [0, 0.05) is 19.2 Å². The van der Waals surface area contributed by atoms with Gasteiger partial charge in [0.25, 0.3) is 0 Å². The van der Waals surface area contributed by atoms with Crippen molar-refractivity contribution >= 4 is 0 Å². The molecule has 1 aromatic rings. The molecule has 1 aromatic carbocycles. The molecule has 0 aliphatic carbocycles. The lowest BCUT2D eigenvalue weighted by Gasteiger charge is -2.26. The quantitative estimate of drug-likeness (QED) is 0.801. The largest absolute Gasteiger partial charge is 0.375 e. The molecule has 0 heterocycles. The Labute approximate surface area is 92.6 Å². The Kier molecular flexibility index (Phi) is 4.79. The van der Waals surface area contributed by atoms with Crippen molar-refractivity contribution in [2.45, 2.75) is 39.0 Å². The predicted molar refractivity (Wildman–Crippen MR) is 63.9 cm³/mol. The topological polar surface area (TPSA) is 21.3 Å². The lowest BCUT2D eigenvalue weighted by Crippen LogP contribution is -2.37. The minimum Gasteiger partial charge on any atom is -0.375 e. The number of hydrogen-bond donors (Lipinski definition) is 1. The predicted octanol–water partition coefficient (Wildman–Crippen LogP) is 2.76. The summed E-state index contributed by atoms with van der Waals surface area (Å²) in [6, 6.07) is 11.1. The van der Waals surface area contributed by atoms with Crippen LogP contribution >= 0.6 is 0 Å². The lowest BCUT2D eigenvalue weighted by molar-refractivity contribution is 0.0708. The molecule has 0 bridgehead atoms. The fourth-order valence-corrected chi connectivity index (χ4v) is 1.88. The van der Waals surface area contributed by atoms with E-state index in [2.05, 4.69) is 38.2 Å². The number of methoxy groups -OCH3 is 1. The van der Waals surface area contributed by atoms with Crippen LogP contribution in [0.25, 0.3) is 0 Å². The van der Waals surface area contributed by atoms with E-state index in [9.17, 15) is 0 Å². The second-order valence-electron chi connectivity index (χ2n) is 4.18. The Morgan fingerprint density at radius 3 is 2.13 bits per heavy atom. The van der Waals surface area contributed by atoms with Crippen LogP contribution in [0.1, 0.15) is 32.4 Å². The van der Waals surface area contributed by atoms with Crippen LogP contribution < -0.4 is 5.32 Å². The standard InChI is InChI=1S/C13H21NO/c1-10(2)14-11(3)13(15-4)12-8-6-5-7-9-12/h5-11,13-14H,1-4H3/t11-,13-/m1/s1. The molecule has 2 nitrogen and oxygen atoms in total. The number of benzene rings is 1. The van der Waals surface area contributed by atoms with E-state index < -0.39 is 0 Å². The monoisotopic (exact) mass is 207 g/mol. The Morgan fingerprint density at radius 2 is 1.67 bits per heavy atom. The highest BCUT2D eigenvalue weighted by atomic mass is 16.5. The number of rotatable bonds is 5. The Morgan fingerprint density at radius 1 is 1.07 bits per heavy atom. The van der Waals surface area contributed by atoms with Gasteiger partial charge in [-0.05, 0) is 12.5 Å². The first kappa shape index (κ1) is 12.2. The molecule has 2 atom stereocenters. The Bertz CT molecular complexity index is 271. The summed E-state index contributed by atoms with van der Waals surface area (Å²) in [5, 5.41) is 3.47. The van der Waals surface area contributed by atoms with Gasteiger partial charge in [0.1, 0.15) is 0 Å². The summed E-state index contributed by atoms with van der Waals surface area (Å²) in [7, 11) is 1.76. The third-order valence-electron chi connectivity index (χ3n) is 2.43. The van der Waals surface area contributed by atoms with Gasteiger partial charge >= 0.3 is 0 Å². The zero-order valence-electron chi connectivity index (χ0n) is 10.0. The van der Waals surface area contributed by atoms with Crippen molar-refractivity contribution in [3.05, 3.63) is 35.9 Å². The highest BCUT2D eigenvalue weighted by molar-refractivity contribution is 5.19. The second kappa shape index (κ2) is 5.89. The summed E-state index contributed by atoms with van der Waals surface area (Å²) >= 11 is 0. The van der Waals surface area contributed by atoms with Crippen LogP contribution in [0.2, 0.25) is 0 Å². The summed E-state index contributed by atoms with van der Waals surface area (Å²) in [5.74, 6) is 0. The maximum Gasteiger partial charge on any atom is 0.0971 e. The van der Waals surface area contributed by atoms with Crippen LogP contribution in [-0.2, 0) is 4.74 Å². The van der Waals surface area contributed by atoms with Crippen molar-refractivity contribution in [1.82, 2.24) is 5.32 Å². The summed E-state index contributed by atoms with van der Waals surface area (Å²) in [6.07, 6.45) is 0.119. The van der Waals surface area contributed by atoms with E-state index in [4.69, 9.17) is 4.74 Å². The molecule has 0 fully saturated rings. The van der Waals surface area contributed by atoms with Gasteiger partial charge in [0.2, 0.25) is 0 Å². The van der Waals surface area contributed by atoms with Gasteiger partial charge in [-0.3, -0.25) is 0 Å². The van der Waals surface area contributed by atoms with Crippen molar-refractivity contribution in [3.8, 4) is 0 Å². The fraction of sp³-hybridized carbons (Fsp3) is 0.538. The van der Waals surface area contributed by atoms with Gasteiger partial charge in [-0.25, -0.2) is 0 Å². The third-order valence-corrected chi connectivity index (χ3v) is 2.43. The molecule has 0 unspecified atom stereocenters. The minimum absolute atomic E-state index is 0.119. The molecule has 0 radical (unpaired) electrons. The normalized spacial score (nSPS) is 15.3. The van der Waals surface area contributed by atoms with E-state index in [1.54, 1.807) is 7.11 Å². The Balaban J connectivity index is 2.71. The van der Waals surface area contributed by atoms with Gasteiger partial charge in [0.15, 0.2) is 0 Å². The van der Waals surface area contributed by atoms with E-state index >= 15 is 0 Å². The molecule has 84 valence electrons. The average Bonchev–Trinajstić information content (AvgIpc) is 2.19. The molecule has 0 spiro atoms. The van der Waals surface area contributed by atoms with Gasteiger partial charge in [0.05, 0.1) is 6.10 Å². The molecule has 2 heteroatoms. The summed E-state index contributed by atoms with van der Waals surface area (Å²) in [6.45, 7) is 6.45. The summed E-state index contributed by atoms with van der Waals surface area (Å²) in [5.41, 5.74) is 1.22. The molecule has 1 rings (SSSR count). The number of nitrogens with one attached hydrogen (secondary N) is 1. The molecule has 15 heavy (non-hydrogen) atoms. The van der Waals surface area contributed by atoms with Crippen LogP contribution in [0, 0.1) is 0 Å². The first-order valence-electron chi connectivity index (χ1n) is 5.49. The molecule has 1 N–H and O–H groups in total. The zero-order valence-corrected chi connectivity index (χ0v) is 10.0. The van der Waals surface area contributed by atoms with Crippen molar-refractivity contribution < 1.29 is 4.74 Å². The van der Waals surface area contributed by atoms with Gasteiger partial charge in [-0.15, -0.1) is 0 Å². The lowest BCUT2D eigenvalue weighted by atomic mass is 10.0. The first-order chi connectivity index (χ1) is 7.15. The van der Waals surface area contributed by atoms with Crippen molar-refractivity contribution in [2.75, 3.05) is 7.11 Å². The number of hydrogen-bond acceptors (Lipinski definition) is 2. The molecule has 0 aliphatic heterocycles. The highest BCUT2D eigenvalue weighted by Gasteiger charge is 2.18. The minimum atomic E-state index is 0.119. The summed E-state index contributed by atoms with van der Waals surface area (Å²) < 4.78 is 5.54. The van der Waals surface area contributed by atoms with E-state index in [1.165, 1.54) is 5.56 Å². The van der Waals surface area contributed by atoms with E-state index in [-0.39, 0.29) is 6.10 Å². The van der Waals surface area contributed by atoms with E-state index in [1.807, 2.05) is 18.2 Å². The van der Waals surface area contributed by atoms with Crippen LogP contribution in [0.15, 0.2) is 30.3 Å². The molecule has 0 saturated carbocycles. The van der Waals surface area contributed by atoms with E-state index in [0.717, 1.165) is 0 Å². The second-order valence-corrected chi connectivity index (χ2v) is 4.18. The molecule has 0 saturated heterocycles. The van der Waals surface area contributed by atoms with Gasteiger partial charge in [-0.2, -0.15) is 0 Å². The average molecular weight is 207 g/mol. The maximum atomic E-state index is 5.54. The number of ether oxygens (including phenoxy) is 1. The van der Waals surface area contributed by atoms with Crippen LogP contribution in [0.4, 0.5) is 0 Å². The molecule has 0 amide bonds. The summed E-state index contributed by atoms with van der Waals surface area (Å²) in [4.78, 5) is 0. The Hall–Kier alpha value is -0.860. The van der Waals surface area contributed by atoms with Crippen molar-refractivity contribution in [2.24, 2.45) is 0 Å². The van der Waals surface area contributed by atoms with Gasteiger partial charge in [-0.1, -0.05) is 44.2 Å². The molecule has 0 aromatic heterocycles. The van der Waals surface area contributed by atoms with E-state index in [0.29, 0.717) is 12.1 Å². The first-order valence-corrected chi connectivity index (χ1v) is 5.49. The highest BCUT2D eigenvalue weighted by Crippen LogP contribution is 2.20. The van der Waals surface area contributed by atoms with Crippen LogP contribution in [0.3, 0.4) is 0 Å².